The third kappa shape index (κ3) is 3.37. The highest BCUT2D eigenvalue weighted by Gasteiger charge is 2.53. The van der Waals surface area contributed by atoms with Crippen molar-refractivity contribution in [1.29, 1.82) is 0 Å². The predicted octanol–water partition coefficient (Wildman–Crippen LogP) is 12.3. The lowest BCUT2D eigenvalue weighted by Gasteiger charge is -2.39. The summed E-state index contributed by atoms with van der Waals surface area (Å²) in [4.78, 5) is 0. The third-order valence-corrected chi connectivity index (χ3v) is 11.8. The number of fused-ring (bicyclic) bond motifs is 13. The van der Waals surface area contributed by atoms with Crippen LogP contribution in [0.5, 0.6) is 11.5 Å². The van der Waals surface area contributed by atoms with E-state index < -0.39 is 10.8 Å². The van der Waals surface area contributed by atoms with Crippen LogP contribution in [0.1, 0.15) is 45.9 Å². The van der Waals surface area contributed by atoms with Crippen molar-refractivity contribution in [3.8, 4) is 44.9 Å². The molecule has 8 aromatic carbocycles. The smallest absolute Gasteiger partial charge is 0.139 e. The highest BCUT2D eigenvalue weighted by atomic mass is 16.5. The van der Waals surface area contributed by atoms with Gasteiger partial charge in [-0.2, -0.15) is 0 Å². The van der Waals surface area contributed by atoms with Crippen molar-refractivity contribution in [3.63, 3.8) is 0 Å². The standard InChI is InChI=1S/C49H32O/c1-48(33-17-3-2-4-18-33)42-26-11-12-28-45(42)50-47-38(23-14-27-43(47)48)37-22-13-21-36-34-19-7-9-24-40(34)49(46(36)37)41-25-10-8-20-35(41)39-29-31-15-5-6-16-32(31)30-44(39)49/h2-30H,1H3. The second-order valence-electron chi connectivity index (χ2n) is 14.1. The van der Waals surface area contributed by atoms with Crippen LogP contribution in [0.4, 0.5) is 0 Å². The molecule has 0 aromatic heterocycles. The maximum Gasteiger partial charge on any atom is 0.139 e. The van der Waals surface area contributed by atoms with Gasteiger partial charge in [0.25, 0.3) is 0 Å². The maximum absolute atomic E-state index is 7.06. The summed E-state index contributed by atoms with van der Waals surface area (Å²) < 4.78 is 7.06. The molecule has 8 aromatic rings. The van der Waals surface area contributed by atoms with Gasteiger partial charge in [0.1, 0.15) is 11.5 Å². The maximum atomic E-state index is 7.06. The highest BCUT2D eigenvalue weighted by molar-refractivity contribution is 6.02. The molecule has 11 rings (SSSR count). The molecule has 0 saturated carbocycles. The van der Waals surface area contributed by atoms with Crippen LogP contribution in [0.25, 0.3) is 44.2 Å². The van der Waals surface area contributed by atoms with Crippen LogP contribution in [0.2, 0.25) is 0 Å². The Morgan fingerprint density at radius 1 is 0.380 bits per heavy atom. The van der Waals surface area contributed by atoms with Gasteiger partial charge >= 0.3 is 0 Å². The van der Waals surface area contributed by atoms with Crippen LogP contribution in [0.3, 0.4) is 0 Å². The Kier molecular flexibility index (Phi) is 5.51. The van der Waals surface area contributed by atoms with Gasteiger partial charge in [0.05, 0.1) is 5.41 Å². The Morgan fingerprint density at radius 2 is 0.900 bits per heavy atom. The summed E-state index contributed by atoms with van der Waals surface area (Å²) in [6.45, 7) is 2.35. The highest BCUT2D eigenvalue weighted by Crippen LogP contribution is 2.66. The minimum absolute atomic E-state index is 0.397. The summed E-state index contributed by atoms with van der Waals surface area (Å²) in [5.41, 5.74) is 15.6. The Bertz CT molecular complexity index is 2700. The first-order chi connectivity index (χ1) is 24.7. The number of rotatable bonds is 2. The van der Waals surface area contributed by atoms with E-state index in [1.807, 2.05) is 0 Å². The van der Waals surface area contributed by atoms with Gasteiger partial charge in [0, 0.05) is 22.1 Å². The van der Waals surface area contributed by atoms with E-state index in [0.717, 1.165) is 17.1 Å². The second-order valence-corrected chi connectivity index (χ2v) is 14.1. The SMILES string of the molecule is CC1(c2ccccc2)c2ccccc2Oc2c(-c3cccc4c3C3(c5ccccc5-c5cc6ccccc6cc53)c3ccccc3-4)cccc21. The van der Waals surface area contributed by atoms with Gasteiger partial charge in [-0.05, 0) is 91.5 Å². The average molecular weight is 637 g/mol. The molecule has 0 amide bonds. The number of hydrogen-bond donors (Lipinski definition) is 0. The molecule has 2 unspecified atom stereocenters. The molecule has 0 bridgehead atoms. The quantitative estimate of drug-likeness (QED) is 0.183. The lowest BCUT2D eigenvalue weighted by Crippen LogP contribution is -2.30. The molecule has 0 radical (unpaired) electrons. The molecular formula is C49H32O. The monoisotopic (exact) mass is 636 g/mol. The summed E-state index contributed by atoms with van der Waals surface area (Å²) in [5.74, 6) is 1.84. The summed E-state index contributed by atoms with van der Waals surface area (Å²) in [6, 6.07) is 64.9. The van der Waals surface area contributed by atoms with Crippen LogP contribution in [-0.2, 0) is 10.8 Å². The van der Waals surface area contributed by atoms with Crippen LogP contribution in [-0.4, -0.2) is 0 Å². The van der Waals surface area contributed by atoms with Crippen molar-refractivity contribution in [2.45, 2.75) is 17.8 Å². The van der Waals surface area contributed by atoms with Gasteiger partial charge in [0.2, 0.25) is 0 Å². The fourth-order valence-corrected chi connectivity index (χ4v) is 9.67. The van der Waals surface area contributed by atoms with E-state index in [2.05, 4.69) is 183 Å². The van der Waals surface area contributed by atoms with Gasteiger partial charge in [0.15, 0.2) is 0 Å². The molecule has 50 heavy (non-hydrogen) atoms. The van der Waals surface area contributed by atoms with E-state index in [9.17, 15) is 0 Å². The van der Waals surface area contributed by atoms with Crippen molar-refractivity contribution in [1.82, 2.24) is 0 Å². The van der Waals surface area contributed by atoms with E-state index >= 15 is 0 Å². The van der Waals surface area contributed by atoms with Crippen LogP contribution >= 0.6 is 0 Å². The zero-order chi connectivity index (χ0) is 33.0. The molecule has 2 atom stereocenters. The summed E-state index contributed by atoms with van der Waals surface area (Å²) in [7, 11) is 0. The third-order valence-electron chi connectivity index (χ3n) is 11.8. The summed E-state index contributed by atoms with van der Waals surface area (Å²) >= 11 is 0. The molecule has 1 aliphatic heterocycles. The fraction of sp³-hybridized carbons (Fsp3) is 0.0612. The molecule has 1 nitrogen and oxygen atoms in total. The normalized spacial score (nSPS) is 18.8. The number of benzene rings is 8. The summed E-state index contributed by atoms with van der Waals surface area (Å²) in [5, 5.41) is 2.53. The first-order valence-corrected chi connectivity index (χ1v) is 17.5. The van der Waals surface area contributed by atoms with Crippen molar-refractivity contribution in [2.75, 3.05) is 0 Å². The fourth-order valence-electron chi connectivity index (χ4n) is 9.67. The molecule has 0 saturated heterocycles. The number of ether oxygens (including phenoxy) is 1. The van der Waals surface area contributed by atoms with Crippen LogP contribution < -0.4 is 4.74 Å². The van der Waals surface area contributed by atoms with Gasteiger partial charge in [-0.1, -0.05) is 158 Å². The Labute approximate surface area is 292 Å². The largest absolute Gasteiger partial charge is 0.456 e. The van der Waals surface area contributed by atoms with E-state index in [-0.39, 0.29) is 0 Å². The Morgan fingerprint density at radius 3 is 1.66 bits per heavy atom. The van der Waals surface area contributed by atoms with Crippen molar-refractivity contribution >= 4 is 10.8 Å². The topological polar surface area (TPSA) is 9.23 Å². The molecule has 1 heterocycles. The first kappa shape index (κ1) is 27.7. The van der Waals surface area contributed by atoms with Gasteiger partial charge in [-0.15, -0.1) is 0 Å². The number of para-hydroxylation sites is 2. The van der Waals surface area contributed by atoms with Gasteiger partial charge in [-0.25, -0.2) is 0 Å². The van der Waals surface area contributed by atoms with Gasteiger partial charge in [-0.3, -0.25) is 0 Å². The molecule has 3 aliphatic rings. The van der Waals surface area contributed by atoms with Crippen molar-refractivity contribution in [2.24, 2.45) is 0 Å². The van der Waals surface area contributed by atoms with Crippen LogP contribution in [0.15, 0.2) is 176 Å². The summed E-state index contributed by atoms with van der Waals surface area (Å²) in [6.07, 6.45) is 0. The van der Waals surface area contributed by atoms with E-state index in [1.165, 1.54) is 77.5 Å². The molecule has 2 aliphatic carbocycles. The molecule has 1 spiro atoms. The van der Waals surface area contributed by atoms with Crippen LogP contribution in [0, 0.1) is 0 Å². The molecule has 1 heteroatoms. The van der Waals surface area contributed by atoms with Crippen molar-refractivity contribution in [3.05, 3.63) is 215 Å². The molecular weight excluding hydrogens is 605 g/mol. The van der Waals surface area contributed by atoms with Crippen molar-refractivity contribution < 1.29 is 4.74 Å². The zero-order valence-electron chi connectivity index (χ0n) is 27.7. The van der Waals surface area contributed by atoms with E-state index in [0.29, 0.717) is 0 Å². The lowest BCUT2D eigenvalue weighted by molar-refractivity contribution is 0.429. The second kappa shape index (κ2) is 9.94. The van der Waals surface area contributed by atoms with E-state index in [1.54, 1.807) is 0 Å². The lowest BCUT2D eigenvalue weighted by atomic mass is 9.67. The minimum atomic E-state index is -0.490. The molecule has 0 N–H and O–H groups in total. The average Bonchev–Trinajstić information content (AvgIpc) is 3.64. The van der Waals surface area contributed by atoms with Gasteiger partial charge < -0.3 is 4.74 Å². The van der Waals surface area contributed by atoms with E-state index in [4.69, 9.17) is 4.74 Å². The molecule has 0 fully saturated rings. The predicted molar refractivity (Wildman–Crippen MR) is 204 cm³/mol. The minimum Gasteiger partial charge on any atom is -0.456 e. The molecule has 234 valence electrons. The first-order valence-electron chi connectivity index (χ1n) is 17.5. The Hall–Kier alpha value is -6.18. The zero-order valence-corrected chi connectivity index (χ0v) is 27.7. The Balaban J connectivity index is 1.26. The number of hydrogen-bond acceptors (Lipinski definition) is 1.